The number of carbonyl (C=O) groups is 2. The van der Waals surface area contributed by atoms with Gasteiger partial charge in [-0.15, -0.1) is 0 Å². The van der Waals surface area contributed by atoms with E-state index in [1.54, 1.807) is 49.6 Å². The van der Waals surface area contributed by atoms with E-state index in [-0.39, 0.29) is 23.9 Å². The van der Waals surface area contributed by atoms with Gasteiger partial charge < -0.3 is 20.7 Å². The molecule has 0 fully saturated rings. The first kappa shape index (κ1) is 18.9. The molecule has 0 saturated heterocycles. The third-order valence-electron chi connectivity index (χ3n) is 3.21. The predicted molar refractivity (Wildman–Crippen MR) is 99.7 cm³/mol. The molecule has 0 saturated carbocycles. The predicted octanol–water partition coefficient (Wildman–Crippen LogP) is 4.15. The Morgan fingerprint density at radius 1 is 1.04 bits per heavy atom. The Balaban J connectivity index is 1.74. The van der Waals surface area contributed by atoms with Gasteiger partial charge in [0.2, 0.25) is 5.91 Å². The molecule has 0 spiro atoms. The van der Waals surface area contributed by atoms with Crippen molar-refractivity contribution in [1.82, 2.24) is 5.32 Å². The molecule has 8 heteroatoms. The maximum Gasteiger partial charge on any atom is 0.319 e. The molecule has 132 valence electrons. The number of halogens is 2. The molecule has 0 aromatic heterocycles. The van der Waals surface area contributed by atoms with Crippen LogP contribution in [0.25, 0.3) is 0 Å². The van der Waals surface area contributed by atoms with Crippen LogP contribution < -0.4 is 20.7 Å². The first-order chi connectivity index (χ1) is 12.0. The molecule has 0 unspecified atom stereocenters. The van der Waals surface area contributed by atoms with Crippen molar-refractivity contribution < 1.29 is 14.3 Å². The van der Waals surface area contributed by atoms with E-state index >= 15 is 0 Å². The van der Waals surface area contributed by atoms with Crippen LogP contribution in [-0.2, 0) is 4.79 Å². The van der Waals surface area contributed by atoms with Crippen LogP contribution in [0.15, 0.2) is 42.5 Å². The van der Waals surface area contributed by atoms with Crippen molar-refractivity contribution in [2.45, 2.75) is 6.42 Å². The van der Waals surface area contributed by atoms with Gasteiger partial charge in [-0.2, -0.15) is 0 Å². The molecule has 2 aromatic carbocycles. The number of ether oxygens (including phenoxy) is 1. The van der Waals surface area contributed by atoms with Gasteiger partial charge in [0.05, 0.1) is 22.8 Å². The number of amides is 3. The van der Waals surface area contributed by atoms with Gasteiger partial charge in [0.1, 0.15) is 5.75 Å². The van der Waals surface area contributed by atoms with Gasteiger partial charge in [-0.25, -0.2) is 4.79 Å². The molecule has 0 bridgehead atoms. The molecule has 6 nitrogen and oxygen atoms in total. The van der Waals surface area contributed by atoms with Crippen LogP contribution in [0, 0.1) is 0 Å². The van der Waals surface area contributed by atoms with Gasteiger partial charge in [0.25, 0.3) is 0 Å². The lowest BCUT2D eigenvalue weighted by Crippen LogP contribution is -2.31. The van der Waals surface area contributed by atoms with Gasteiger partial charge in [-0.3, -0.25) is 4.79 Å². The van der Waals surface area contributed by atoms with E-state index in [1.807, 2.05) is 0 Å². The summed E-state index contributed by atoms with van der Waals surface area (Å²) in [6.45, 7) is 0.173. The van der Waals surface area contributed by atoms with E-state index in [4.69, 9.17) is 27.9 Å². The third-order valence-corrected chi connectivity index (χ3v) is 4.03. The second kappa shape index (κ2) is 9.15. The Bertz CT molecular complexity index is 751. The minimum absolute atomic E-state index is 0.0961. The smallest absolute Gasteiger partial charge is 0.319 e. The molecule has 25 heavy (non-hydrogen) atoms. The van der Waals surface area contributed by atoms with Crippen LogP contribution in [0.5, 0.6) is 5.75 Å². The van der Waals surface area contributed by atoms with Crippen LogP contribution in [0.2, 0.25) is 10.0 Å². The van der Waals surface area contributed by atoms with E-state index in [2.05, 4.69) is 16.0 Å². The summed E-state index contributed by atoms with van der Waals surface area (Å²) in [6.07, 6.45) is 0.0961. The number of hydrogen-bond acceptors (Lipinski definition) is 3. The zero-order valence-electron chi connectivity index (χ0n) is 13.4. The molecular weight excluding hydrogens is 365 g/mol. The monoisotopic (exact) mass is 381 g/mol. The number of hydrogen-bond donors (Lipinski definition) is 3. The van der Waals surface area contributed by atoms with Crippen molar-refractivity contribution in [3.8, 4) is 5.75 Å². The molecular formula is C17H17Cl2N3O3. The minimum Gasteiger partial charge on any atom is -0.497 e. The van der Waals surface area contributed by atoms with Crippen molar-refractivity contribution in [2.24, 2.45) is 0 Å². The molecule has 0 aliphatic heterocycles. The quantitative estimate of drug-likeness (QED) is 0.702. The summed E-state index contributed by atoms with van der Waals surface area (Å²) in [6, 6.07) is 11.5. The zero-order valence-corrected chi connectivity index (χ0v) is 14.9. The highest BCUT2D eigenvalue weighted by Crippen LogP contribution is 2.29. The fourth-order valence-electron chi connectivity index (χ4n) is 1.95. The first-order valence-corrected chi connectivity index (χ1v) is 8.18. The Morgan fingerprint density at radius 2 is 1.76 bits per heavy atom. The van der Waals surface area contributed by atoms with E-state index < -0.39 is 6.03 Å². The van der Waals surface area contributed by atoms with Crippen LogP contribution in [0.1, 0.15) is 6.42 Å². The normalized spacial score (nSPS) is 10.0. The second-order valence-electron chi connectivity index (χ2n) is 5.01. The van der Waals surface area contributed by atoms with Crippen molar-refractivity contribution in [3.63, 3.8) is 0 Å². The van der Waals surface area contributed by atoms with Crippen LogP contribution in [0.4, 0.5) is 16.2 Å². The van der Waals surface area contributed by atoms with Crippen LogP contribution in [0.3, 0.4) is 0 Å². The number of methoxy groups -OCH3 is 1. The average molecular weight is 382 g/mol. The van der Waals surface area contributed by atoms with E-state index in [1.165, 1.54) is 0 Å². The number of rotatable bonds is 6. The van der Waals surface area contributed by atoms with Gasteiger partial charge in [0, 0.05) is 18.7 Å². The van der Waals surface area contributed by atoms with Crippen molar-refractivity contribution in [1.29, 1.82) is 0 Å². The highest BCUT2D eigenvalue weighted by atomic mass is 35.5. The first-order valence-electron chi connectivity index (χ1n) is 7.42. The van der Waals surface area contributed by atoms with Crippen molar-refractivity contribution in [2.75, 3.05) is 24.3 Å². The van der Waals surface area contributed by atoms with Gasteiger partial charge in [-0.05, 0) is 36.4 Å². The van der Waals surface area contributed by atoms with Crippen LogP contribution >= 0.6 is 23.2 Å². The lowest BCUT2D eigenvalue weighted by molar-refractivity contribution is -0.116. The third kappa shape index (κ3) is 5.85. The SMILES string of the molecule is COc1ccc(NC(=O)NCCC(=O)Nc2cccc(Cl)c2Cl)cc1. The fraction of sp³-hybridized carbons (Fsp3) is 0.176. The Kier molecular flexibility index (Phi) is 6.91. The largest absolute Gasteiger partial charge is 0.497 e. The molecule has 3 amide bonds. The average Bonchev–Trinajstić information content (AvgIpc) is 2.59. The maximum absolute atomic E-state index is 11.9. The molecule has 0 heterocycles. The Morgan fingerprint density at radius 3 is 2.44 bits per heavy atom. The highest BCUT2D eigenvalue weighted by Gasteiger charge is 2.09. The second-order valence-corrected chi connectivity index (χ2v) is 5.79. The molecule has 0 aliphatic rings. The Labute approximate surface area is 155 Å². The molecule has 2 rings (SSSR count). The van der Waals surface area contributed by atoms with Crippen molar-refractivity contribution >= 4 is 46.5 Å². The summed E-state index contributed by atoms with van der Waals surface area (Å²) < 4.78 is 5.04. The van der Waals surface area contributed by atoms with E-state index in [0.29, 0.717) is 22.1 Å². The molecule has 0 aliphatic carbocycles. The topological polar surface area (TPSA) is 79.5 Å². The summed E-state index contributed by atoms with van der Waals surface area (Å²) in [4.78, 5) is 23.7. The summed E-state index contributed by atoms with van der Waals surface area (Å²) in [5.74, 6) is 0.413. The van der Waals surface area contributed by atoms with Gasteiger partial charge in [0.15, 0.2) is 0 Å². The molecule has 0 radical (unpaired) electrons. The van der Waals surface area contributed by atoms with Crippen molar-refractivity contribution in [3.05, 3.63) is 52.5 Å². The molecule has 3 N–H and O–H groups in total. The fourth-order valence-corrected chi connectivity index (χ4v) is 2.30. The van der Waals surface area contributed by atoms with Gasteiger partial charge >= 0.3 is 6.03 Å². The van der Waals surface area contributed by atoms with E-state index in [0.717, 1.165) is 0 Å². The summed E-state index contributed by atoms with van der Waals surface area (Å²) in [7, 11) is 1.57. The summed E-state index contributed by atoms with van der Waals surface area (Å²) >= 11 is 11.9. The standard InChI is InChI=1S/C17H17Cl2N3O3/c1-25-12-7-5-11(6-8-12)21-17(24)20-10-9-15(23)22-14-4-2-3-13(18)16(14)19/h2-8H,9-10H2,1H3,(H,22,23)(H2,20,21,24). The number of carbonyl (C=O) groups excluding carboxylic acids is 2. The number of urea groups is 1. The zero-order chi connectivity index (χ0) is 18.2. The molecule has 2 aromatic rings. The highest BCUT2D eigenvalue weighted by molar-refractivity contribution is 6.43. The number of anilines is 2. The lowest BCUT2D eigenvalue weighted by atomic mass is 10.3. The van der Waals surface area contributed by atoms with E-state index in [9.17, 15) is 9.59 Å². The maximum atomic E-state index is 11.9. The summed E-state index contributed by atoms with van der Waals surface area (Å²) in [5, 5.41) is 8.54. The molecule has 0 atom stereocenters. The van der Waals surface area contributed by atoms with Gasteiger partial charge in [-0.1, -0.05) is 29.3 Å². The lowest BCUT2D eigenvalue weighted by Gasteiger charge is -2.10. The number of benzene rings is 2. The van der Waals surface area contributed by atoms with Crippen LogP contribution in [-0.4, -0.2) is 25.6 Å². The summed E-state index contributed by atoms with van der Waals surface area (Å²) in [5.41, 5.74) is 1.05. The minimum atomic E-state index is -0.404. The number of nitrogens with one attached hydrogen (secondary N) is 3. The Hall–Kier alpha value is -2.44.